The fraction of sp³-hybridized carbons (Fsp3) is 0.0755. The lowest BCUT2D eigenvalue weighted by Crippen LogP contribution is -2.41. The summed E-state index contributed by atoms with van der Waals surface area (Å²) in [5.41, 5.74) is 14.5. The third-order valence-corrected chi connectivity index (χ3v) is 11.7. The molecule has 59 heavy (non-hydrogen) atoms. The second-order valence-corrected chi connectivity index (χ2v) is 14.9. The molecule has 1 unspecified atom stereocenters. The summed E-state index contributed by atoms with van der Waals surface area (Å²) < 4.78 is 35.7. The second kappa shape index (κ2) is 15.4. The summed E-state index contributed by atoms with van der Waals surface area (Å²) in [5, 5.41) is 0. The summed E-state index contributed by atoms with van der Waals surface area (Å²) >= 11 is 0. The molecule has 0 saturated carbocycles. The molecule has 0 amide bonds. The lowest BCUT2D eigenvalue weighted by molar-refractivity contribution is -0.332. The van der Waals surface area contributed by atoms with Crippen molar-refractivity contribution in [3.05, 3.63) is 233 Å². The van der Waals surface area contributed by atoms with E-state index < -0.39 is 7.26 Å². The maximum atomic E-state index is 19.4. The van der Waals surface area contributed by atoms with Crippen molar-refractivity contribution in [2.75, 3.05) is 14.2 Å². The highest BCUT2D eigenvalue weighted by Gasteiger charge is 2.58. The van der Waals surface area contributed by atoms with Crippen LogP contribution in [0.25, 0.3) is 44.7 Å². The van der Waals surface area contributed by atoms with Crippen molar-refractivity contribution in [2.45, 2.75) is 12.5 Å². The Morgan fingerprint density at radius 1 is 0.559 bits per heavy atom. The highest BCUT2D eigenvalue weighted by Crippen LogP contribution is 2.55. The minimum atomic E-state index is -1.68. The van der Waals surface area contributed by atoms with Gasteiger partial charge in [-0.3, -0.25) is 4.48 Å². The summed E-state index contributed by atoms with van der Waals surface area (Å²) in [6.07, 6.45) is 6.87. The Bertz CT molecular complexity index is 2860. The van der Waals surface area contributed by atoms with Crippen LogP contribution in [0.1, 0.15) is 28.8 Å². The summed E-state index contributed by atoms with van der Waals surface area (Å²) in [4.78, 5) is 0. The van der Waals surface area contributed by atoms with Crippen LogP contribution in [0.4, 0.5) is 4.32 Å². The SMILES string of the molecule is COc1ccccc1-c1c(-c2ccccc2)c2n(c1-c1ccccc1)B(F)[N+]1=C(c3ccccc3)C(C3=CC=CCC3OC)=C(c3ccccc3)C1=C2c1ccccc1. The fourth-order valence-electron chi connectivity index (χ4n) is 9.20. The van der Waals surface area contributed by atoms with E-state index in [-0.39, 0.29) is 6.10 Å². The Balaban J connectivity index is 1.48. The third-order valence-electron chi connectivity index (χ3n) is 11.7. The Hall–Kier alpha value is -7.02. The zero-order chi connectivity index (χ0) is 39.9. The number of hydrogen-bond donors (Lipinski definition) is 0. The molecule has 1 atom stereocenters. The number of methoxy groups -OCH3 is 2. The summed E-state index contributed by atoms with van der Waals surface area (Å²) in [7, 11) is 1.79. The quantitative estimate of drug-likeness (QED) is 0.137. The van der Waals surface area contributed by atoms with Crippen molar-refractivity contribution >= 4 is 24.1 Å². The molecule has 10 rings (SSSR count). The Labute approximate surface area is 345 Å². The zero-order valence-electron chi connectivity index (χ0n) is 32.9. The van der Waals surface area contributed by atoms with Crippen LogP contribution in [0.15, 0.2) is 211 Å². The molecule has 0 spiro atoms. The topological polar surface area (TPSA) is 26.4 Å². The lowest BCUT2D eigenvalue weighted by atomic mass is 9.82. The number of aromatic nitrogens is 1. The largest absolute Gasteiger partial charge is 0.847 e. The van der Waals surface area contributed by atoms with Gasteiger partial charge in [-0.2, -0.15) is 0 Å². The Morgan fingerprint density at radius 2 is 1.08 bits per heavy atom. The van der Waals surface area contributed by atoms with E-state index in [1.807, 2.05) is 81.8 Å². The molecule has 7 aromatic rings. The van der Waals surface area contributed by atoms with Gasteiger partial charge in [0.05, 0.1) is 41.3 Å². The average molecular weight is 768 g/mol. The van der Waals surface area contributed by atoms with E-state index in [4.69, 9.17) is 9.47 Å². The molecule has 6 aromatic carbocycles. The van der Waals surface area contributed by atoms with Crippen LogP contribution in [0.5, 0.6) is 5.75 Å². The van der Waals surface area contributed by atoms with Crippen molar-refractivity contribution < 1.29 is 18.3 Å². The molecule has 1 aliphatic carbocycles. The van der Waals surface area contributed by atoms with Crippen LogP contribution in [-0.2, 0) is 4.74 Å². The van der Waals surface area contributed by atoms with Gasteiger partial charge in [0.15, 0.2) is 0 Å². The highest BCUT2D eigenvalue weighted by molar-refractivity contribution is 6.47. The van der Waals surface area contributed by atoms with E-state index >= 15 is 4.32 Å². The molecule has 0 N–H and O–H groups in total. The van der Waals surface area contributed by atoms with Gasteiger partial charge in [-0.1, -0.05) is 176 Å². The van der Waals surface area contributed by atoms with Gasteiger partial charge in [-0.05, 0) is 52.4 Å². The van der Waals surface area contributed by atoms with E-state index in [9.17, 15) is 0 Å². The number of nitrogens with zero attached hydrogens (tertiary/aromatic N) is 2. The average Bonchev–Trinajstić information content (AvgIpc) is 3.86. The first-order chi connectivity index (χ1) is 29.2. The van der Waals surface area contributed by atoms with Gasteiger partial charge in [0.1, 0.15) is 5.75 Å². The maximum Gasteiger partial charge on any atom is 0.847 e. The van der Waals surface area contributed by atoms with Gasteiger partial charge < -0.3 is 9.47 Å². The van der Waals surface area contributed by atoms with E-state index in [2.05, 4.69) is 121 Å². The molecule has 2 aliphatic heterocycles. The van der Waals surface area contributed by atoms with Gasteiger partial charge in [0.25, 0.3) is 0 Å². The van der Waals surface area contributed by atoms with Gasteiger partial charge in [-0.25, -0.2) is 8.80 Å². The molecule has 6 heteroatoms. The summed E-state index contributed by atoms with van der Waals surface area (Å²) in [5.74, 6) is 0.709. The normalized spacial score (nSPS) is 16.0. The number of para-hydroxylation sites is 1. The van der Waals surface area contributed by atoms with Crippen LogP contribution < -0.4 is 4.74 Å². The predicted molar refractivity (Wildman–Crippen MR) is 239 cm³/mol. The number of hydrogen-bond acceptors (Lipinski definition) is 2. The third kappa shape index (κ3) is 5.98. The monoisotopic (exact) mass is 767 g/mol. The molecule has 3 aliphatic rings. The van der Waals surface area contributed by atoms with Gasteiger partial charge in [-0.15, -0.1) is 0 Å². The minimum Gasteiger partial charge on any atom is -0.496 e. The van der Waals surface area contributed by atoms with E-state index in [0.29, 0.717) is 12.2 Å². The van der Waals surface area contributed by atoms with Gasteiger partial charge in [0, 0.05) is 29.4 Å². The summed E-state index contributed by atoms with van der Waals surface area (Å²) in [6, 6.07) is 59.9. The molecule has 4 nitrogen and oxygen atoms in total. The van der Waals surface area contributed by atoms with Gasteiger partial charge in [0.2, 0.25) is 11.4 Å². The zero-order valence-corrected chi connectivity index (χ0v) is 32.9. The smallest absolute Gasteiger partial charge is 0.496 e. The molecule has 3 heterocycles. The van der Waals surface area contributed by atoms with Crippen molar-refractivity contribution in [3.63, 3.8) is 0 Å². The predicted octanol–water partition coefficient (Wildman–Crippen LogP) is 11.9. The van der Waals surface area contributed by atoms with Crippen molar-refractivity contribution in [1.29, 1.82) is 0 Å². The van der Waals surface area contributed by atoms with Crippen LogP contribution in [0, 0.1) is 0 Å². The number of fused-ring (bicyclic) bond motifs is 2. The lowest BCUT2D eigenvalue weighted by Gasteiger charge is -2.24. The number of halogens is 1. The van der Waals surface area contributed by atoms with Crippen LogP contribution in [0.3, 0.4) is 0 Å². The summed E-state index contributed by atoms with van der Waals surface area (Å²) in [6.45, 7) is 0. The Morgan fingerprint density at radius 3 is 1.68 bits per heavy atom. The van der Waals surface area contributed by atoms with Crippen LogP contribution in [-0.4, -0.2) is 42.3 Å². The molecule has 0 fully saturated rings. The minimum absolute atomic E-state index is 0.233. The standard InChI is InChI=1S/C53H41BFN2O2/c1-58-43-34-20-18-32-41(43)48-45(36-22-8-3-9-23-36)52-47(38-26-12-5-13-27-38)53-46(37-24-10-4-11-25-37)49(42-33-19-21-35-44(42)59-2)51(40-30-16-7-17-31-40)57(53)54(55)56(52)50(48)39-28-14-6-15-29-39/h3-34,44H,35H2,1-2H3/q+1. The van der Waals surface area contributed by atoms with Crippen LogP contribution in [0.2, 0.25) is 0 Å². The molecule has 284 valence electrons. The molecule has 0 bridgehead atoms. The first-order valence-corrected chi connectivity index (χ1v) is 20.1. The number of rotatable bonds is 9. The molecular weight excluding hydrogens is 726 g/mol. The molecule has 1 aromatic heterocycles. The van der Waals surface area contributed by atoms with Crippen molar-refractivity contribution in [1.82, 2.24) is 4.48 Å². The maximum absolute atomic E-state index is 19.4. The number of benzene rings is 6. The van der Waals surface area contributed by atoms with Gasteiger partial charge >= 0.3 is 7.26 Å². The van der Waals surface area contributed by atoms with Crippen LogP contribution >= 0.6 is 0 Å². The first-order valence-electron chi connectivity index (χ1n) is 20.1. The molecule has 0 saturated heterocycles. The van der Waals surface area contributed by atoms with Crippen molar-refractivity contribution in [2.24, 2.45) is 0 Å². The number of allylic oxidation sites excluding steroid dienone is 3. The van der Waals surface area contributed by atoms with Crippen molar-refractivity contribution in [3.8, 4) is 39.3 Å². The molecule has 0 radical (unpaired) electrons. The second-order valence-electron chi connectivity index (χ2n) is 14.9. The Kier molecular flexibility index (Phi) is 9.48. The van der Waals surface area contributed by atoms with E-state index in [1.165, 1.54) is 0 Å². The first kappa shape index (κ1) is 36.3. The van der Waals surface area contributed by atoms with E-state index in [1.54, 1.807) is 14.2 Å². The van der Waals surface area contributed by atoms with E-state index in [0.717, 1.165) is 89.6 Å². The molecular formula is C53H41BFN2O2+. The number of ether oxygens (including phenoxy) is 2. The highest BCUT2D eigenvalue weighted by atomic mass is 19.1. The fourth-order valence-corrected chi connectivity index (χ4v) is 9.20.